The predicted octanol–water partition coefficient (Wildman–Crippen LogP) is 2.60. The van der Waals surface area contributed by atoms with Gasteiger partial charge in [0.1, 0.15) is 6.04 Å². The van der Waals surface area contributed by atoms with Crippen LogP contribution in [0.3, 0.4) is 0 Å². The number of piperidine rings is 1. The lowest BCUT2D eigenvalue weighted by Crippen LogP contribution is -2.54. The summed E-state index contributed by atoms with van der Waals surface area (Å²) in [4.78, 5) is 39.4. The van der Waals surface area contributed by atoms with Gasteiger partial charge in [-0.1, -0.05) is 39.0 Å². The van der Waals surface area contributed by atoms with Crippen molar-refractivity contribution in [3.8, 4) is 0 Å². The van der Waals surface area contributed by atoms with Crippen LogP contribution < -0.4 is 10.6 Å². The third-order valence-electron chi connectivity index (χ3n) is 5.06. The predicted molar refractivity (Wildman–Crippen MR) is 110 cm³/mol. The van der Waals surface area contributed by atoms with Gasteiger partial charge < -0.3 is 15.5 Å². The molecule has 28 heavy (non-hydrogen) atoms. The molecular weight excluding hydrogens is 354 g/mol. The molecule has 0 aliphatic carbocycles. The monoisotopic (exact) mass is 387 g/mol. The van der Waals surface area contributed by atoms with Gasteiger partial charge in [0.2, 0.25) is 11.8 Å². The summed E-state index contributed by atoms with van der Waals surface area (Å²) in [6.45, 7) is 7.76. The number of amides is 3. The van der Waals surface area contributed by atoms with Gasteiger partial charge in [0.15, 0.2) is 0 Å². The van der Waals surface area contributed by atoms with Crippen LogP contribution in [0.4, 0.5) is 0 Å². The first-order chi connectivity index (χ1) is 13.4. The highest BCUT2D eigenvalue weighted by molar-refractivity contribution is 5.94. The second kappa shape index (κ2) is 10.8. The van der Waals surface area contributed by atoms with Gasteiger partial charge in [-0.15, -0.1) is 0 Å². The lowest BCUT2D eigenvalue weighted by atomic mass is 9.88. The van der Waals surface area contributed by atoms with E-state index < -0.39 is 6.04 Å². The molecule has 0 unspecified atom stereocenters. The standard InChI is InChI=1S/C22H33N3O3/c1-4-12-23-21(27)20(24-19(26)15-16(2)3)17-10-13-25(14-11-17)22(28)18-8-6-5-7-9-18/h5-9,16-17,20H,4,10-15H2,1-3H3,(H,23,27)(H,24,26)/t20-/m0/s1. The molecule has 0 bridgehead atoms. The minimum Gasteiger partial charge on any atom is -0.354 e. The zero-order valence-electron chi connectivity index (χ0n) is 17.2. The molecule has 1 aliphatic rings. The second-order valence-electron chi connectivity index (χ2n) is 7.93. The fourth-order valence-corrected chi connectivity index (χ4v) is 3.56. The molecule has 6 nitrogen and oxygen atoms in total. The fraction of sp³-hybridized carbons (Fsp3) is 0.591. The molecule has 0 radical (unpaired) electrons. The van der Waals surface area contributed by atoms with E-state index in [1.165, 1.54) is 0 Å². The summed E-state index contributed by atoms with van der Waals surface area (Å²) in [6.07, 6.45) is 2.65. The summed E-state index contributed by atoms with van der Waals surface area (Å²) in [5.41, 5.74) is 0.684. The maximum atomic E-state index is 12.7. The molecule has 1 fully saturated rings. The number of nitrogens with one attached hydrogen (secondary N) is 2. The first kappa shape index (κ1) is 21.9. The SMILES string of the molecule is CCCNC(=O)[C@@H](NC(=O)CC(C)C)C1CCN(C(=O)c2ccccc2)CC1. The summed E-state index contributed by atoms with van der Waals surface area (Å²) in [5.74, 6) is 0.0913. The smallest absolute Gasteiger partial charge is 0.253 e. The minimum absolute atomic E-state index is 0.0230. The number of likely N-dealkylation sites (tertiary alicyclic amines) is 1. The van der Waals surface area contributed by atoms with Crippen LogP contribution in [-0.2, 0) is 9.59 Å². The van der Waals surface area contributed by atoms with Crippen molar-refractivity contribution in [2.45, 2.75) is 52.5 Å². The molecule has 0 aromatic heterocycles. The van der Waals surface area contributed by atoms with Crippen molar-refractivity contribution in [2.75, 3.05) is 19.6 Å². The first-order valence-electron chi connectivity index (χ1n) is 10.3. The minimum atomic E-state index is -0.535. The summed E-state index contributed by atoms with van der Waals surface area (Å²) in [7, 11) is 0. The van der Waals surface area contributed by atoms with Crippen LogP contribution in [0.15, 0.2) is 30.3 Å². The Labute approximate surface area is 168 Å². The Hall–Kier alpha value is -2.37. The van der Waals surface area contributed by atoms with Crippen LogP contribution in [0.1, 0.15) is 56.8 Å². The van der Waals surface area contributed by atoms with E-state index in [0.29, 0.717) is 44.5 Å². The van der Waals surface area contributed by atoms with Gasteiger partial charge in [0.05, 0.1) is 0 Å². The van der Waals surface area contributed by atoms with Crippen LogP contribution in [0.5, 0.6) is 0 Å². The van der Waals surface area contributed by atoms with Crippen LogP contribution in [0.2, 0.25) is 0 Å². The van der Waals surface area contributed by atoms with Crippen LogP contribution in [-0.4, -0.2) is 48.3 Å². The average molecular weight is 388 g/mol. The Kier molecular flexibility index (Phi) is 8.48. The lowest BCUT2D eigenvalue weighted by Gasteiger charge is -2.36. The molecule has 0 saturated carbocycles. The van der Waals surface area contributed by atoms with Crippen molar-refractivity contribution in [3.63, 3.8) is 0 Å². The van der Waals surface area contributed by atoms with Gasteiger partial charge in [-0.3, -0.25) is 14.4 Å². The van der Waals surface area contributed by atoms with E-state index in [2.05, 4.69) is 10.6 Å². The van der Waals surface area contributed by atoms with Gasteiger partial charge in [-0.05, 0) is 43.2 Å². The maximum Gasteiger partial charge on any atom is 0.253 e. The van der Waals surface area contributed by atoms with Crippen molar-refractivity contribution in [1.29, 1.82) is 0 Å². The van der Waals surface area contributed by atoms with E-state index in [1.807, 2.05) is 56.0 Å². The van der Waals surface area contributed by atoms with Crippen LogP contribution in [0, 0.1) is 11.8 Å². The van der Waals surface area contributed by atoms with Gasteiger partial charge in [-0.2, -0.15) is 0 Å². The van der Waals surface area contributed by atoms with Crippen LogP contribution in [0.25, 0.3) is 0 Å². The van der Waals surface area contributed by atoms with E-state index in [0.717, 1.165) is 6.42 Å². The summed E-state index contributed by atoms with van der Waals surface area (Å²) < 4.78 is 0. The van der Waals surface area contributed by atoms with Gasteiger partial charge in [0, 0.05) is 31.6 Å². The molecular formula is C22H33N3O3. The number of rotatable bonds is 8. The van der Waals surface area contributed by atoms with E-state index in [4.69, 9.17) is 0 Å². The van der Waals surface area contributed by atoms with Gasteiger partial charge >= 0.3 is 0 Å². The molecule has 1 aromatic rings. The maximum absolute atomic E-state index is 12.7. The number of hydrogen-bond donors (Lipinski definition) is 2. The molecule has 2 rings (SSSR count). The molecule has 1 aliphatic heterocycles. The molecule has 2 N–H and O–H groups in total. The molecule has 6 heteroatoms. The summed E-state index contributed by atoms with van der Waals surface area (Å²) >= 11 is 0. The molecule has 1 aromatic carbocycles. The Morgan fingerprint density at radius 2 is 1.75 bits per heavy atom. The van der Waals surface area contributed by atoms with E-state index in [1.54, 1.807) is 0 Å². The third-order valence-corrected chi connectivity index (χ3v) is 5.06. The highest BCUT2D eigenvalue weighted by Gasteiger charge is 2.33. The lowest BCUT2D eigenvalue weighted by molar-refractivity contribution is -0.131. The molecule has 1 atom stereocenters. The molecule has 154 valence electrons. The Balaban J connectivity index is 1.99. The van der Waals surface area contributed by atoms with Gasteiger partial charge in [-0.25, -0.2) is 0 Å². The van der Waals surface area contributed by atoms with Crippen molar-refractivity contribution < 1.29 is 14.4 Å². The van der Waals surface area contributed by atoms with Gasteiger partial charge in [0.25, 0.3) is 5.91 Å². The van der Waals surface area contributed by atoms with E-state index in [9.17, 15) is 14.4 Å². The van der Waals surface area contributed by atoms with Crippen molar-refractivity contribution in [2.24, 2.45) is 11.8 Å². The van der Waals surface area contributed by atoms with Crippen molar-refractivity contribution >= 4 is 17.7 Å². The third kappa shape index (κ3) is 6.36. The second-order valence-corrected chi connectivity index (χ2v) is 7.93. The van der Waals surface area contributed by atoms with Crippen LogP contribution >= 0.6 is 0 Å². The highest BCUT2D eigenvalue weighted by Crippen LogP contribution is 2.23. The molecule has 1 heterocycles. The highest BCUT2D eigenvalue weighted by atomic mass is 16.2. The molecule has 1 saturated heterocycles. The quantitative estimate of drug-likeness (QED) is 0.720. The fourth-order valence-electron chi connectivity index (χ4n) is 3.56. The summed E-state index contributed by atoms with van der Waals surface area (Å²) in [6, 6.07) is 8.72. The number of benzene rings is 1. The molecule has 3 amide bonds. The molecule has 0 spiro atoms. The Bertz CT molecular complexity index is 652. The number of carbonyl (C=O) groups excluding carboxylic acids is 3. The zero-order chi connectivity index (χ0) is 20.5. The Morgan fingerprint density at radius 1 is 1.11 bits per heavy atom. The van der Waals surface area contributed by atoms with Crippen molar-refractivity contribution in [3.05, 3.63) is 35.9 Å². The zero-order valence-corrected chi connectivity index (χ0v) is 17.2. The Morgan fingerprint density at radius 3 is 2.32 bits per heavy atom. The van der Waals surface area contributed by atoms with Crippen molar-refractivity contribution in [1.82, 2.24) is 15.5 Å². The number of nitrogens with zero attached hydrogens (tertiary/aromatic N) is 1. The van der Waals surface area contributed by atoms with E-state index >= 15 is 0 Å². The number of hydrogen-bond acceptors (Lipinski definition) is 3. The normalized spacial score (nSPS) is 15.9. The topological polar surface area (TPSA) is 78.5 Å². The number of carbonyl (C=O) groups is 3. The average Bonchev–Trinajstić information content (AvgIpc) is 2.70. The first-order valence-corrected chi connectivity index (χ1v) is 10.3. The largest absolute Gasteiger partial charge is 0.354 e. The van der Waals surface area contributed by atoms with E-state index in [-0.39, 0.29) is 29.6 Å². The summed E-state index contributed by atoms with van der Waals surface area (Å²) in [5, 5.41) is 5.86.